The van der Waals surface area contributed by atoms with Crippen molar-refractivity contribution < 1.29 is 9.90 Å². The number of pyridine rings is 1. The highest BCUT2D eigenvalue weighted by molar-refractivity contribution is 6.29. The van der Waals surface area contributed by atoms with Crippen LogP contribution in [0.5, 0.6) is 0 Å². The molecule has 1 saturated carbocycles. The van der Waals surface area contributed by atoms with Gasteiger partial charge in [-0.25, -0.2) is 4.98 Å². The summed E-state index contributed by atoms with van der Waals surface area (Å²) >= 11 is 6.13. The minimum atomic E-state index is -0.612. The maximum Gasteiger partial charge on any atom is 0.258 e. The van der Waals surface area contributed by atoms with Crippen molar-refractivity contribution in [2.24, 2.45) is 0 Å². The van der Waals surface area contributed by atoms with Gasteiger partial charge >= 0.3 is 0 Å². The molecule has 1 aromatic carbocycles. The Morgan fingerprint density at radius 2 is 1.97 bits per heavy atom. The van der Waals surface area contributed by atoms with Crippen molar-refractivity contribution in [2.75, 3.05) is 13.1 Å². The number of rotatable bonds is 4. The molecule has 2 fully saturated rings. The first kappa shape index (κ1) is 24.6. The van der Waals surface area contributed by atoms with Gasteiger partial charge in [-0.1, -0.05) is 36.6 Å². The topological polar surface area (TPSA) is 80.5 Å². The number of aliphatic hydroxyl groups is 1. The number of fused-ring (bicyclic) bond motifs is 3. The SMILES string of the molecule is N#CC1(c2cccc(Cl)n2)CCN(Cc2cc3c(c4c2CCCC=4)=CN(C2CCCC[C@@H]2O)C3=O)CC1. The van der Waals surface area contributed by atoms with Crippen LogP contribution in [0.25, 0.3) is 12.3 Å². The number of amides is 1. The van der Waals surface area contributed by atoms with Crippen LogP contribution < -0.4 is 10.4 Å². The summed E-state index contributed by atoms with van der Waals surface area (Å²) in [5.41, 5.74) is 3.50. The number of piperidine rings is 1. The van der Waals surface area contributed by atoms with Gasteiger partial charge in [0.15, 0.2) is 0 Å². The third kappa shape index (κ3) is 4.37. The van der Waals surface area contributed by atoms with Crippen LogP contribution in [0.2, 0.25) is 5.15 Å². The van der Waals surface area contributed by atoms with E-state index in [2.05, 4.69) is 28.1 Å². The molecule has 0 bridgehead atoms. The van der Waals surface area contributed by atoms with Gasteiger partial charge in [0.1, 0.15) is 10.6 Å². The van der Waals surface area contributed by atoms with E-state index in [1.165, 1.54) is 16.3 Å². The number of likely N-dealkylation sites (tertiary alicyclic amines) is 1. The second kappa shape index (κ2) is 9.87. The monoisotopic (exact) mass is 516 g/mol. The summed E-state index contributed by atoms with van der Waals surface area (Å²) < 4.78 is 0. The summed E-state index contributed by atoms with van der Waals surface area (Å²) in [6.45, 7) is 2.35. The number of carbonyl (C=O) groups is 1. The van der Waals surface area contributed by atoms with Gasteiger partial charge in [0, 0.05) is 36.6 Å². The fourth-order valence-corrected chi connectivity index (χ4v) is 6.93. The quantitative estimate of drug-likeness (QED) is 0.630. The summed E-state index contributed by atoms with van der Waals surface area (Å²) in [6, 6.07) is 10.1. The van der Waals surface area contributed by atoms with Crippen LogP contribution in [0.3, 0.4) is 0 Å². The Labute approximate surface area is 222 Å². The number of halogens is 1. The zero-order valence-electron chi connectivity index (χ0n) is 21.1. The first-order chi connectivity index (χ1) is 18.0. The molecule has 1 aromatic heterocycles. The largest absolute Gasteiger partial charge is 0.391 e. The lowest BCUT2D eigenvalue weighted by Gasteiger charge is -2.37. The minimum absolute atomic E-state index is 0.0261. The predicted octanol–water partition coefficient (Wildman–Crippen LogP) is 3.41. The van der Waals surface area contributed by atoms with Crippen molar-refractivity contribution in [2.45, 2.75) is 81.9 Å². The molecule has 2 aromatic rings. The second-order valence-electron chi connectivity index (χ2n) is 11.1. The summed E-state index contributed by atoms with van der Waals surface area (Å²) in [5, 5.41) is 23.4. The van der Waals surface area contributed by atoms with Crippen LogP contribution in [0.4, 0.5) is 0 Å². The molecule has 6 nitrogen and oxygen atoms in total. The smallest absolute Gasteiger partial charge is 0.258 e. The molecule has 37 heavy (non-hydrogen) atoms. The minimum Gasteiger partial charge on any atom is -0.391 e. The molecular formula is C30H33ClN4O2. The van der Waals surface area contributed by atoms with Crippen LogP contribution in [-0.2, 0) is 18.4 Å². The average molecular weight is 517 g/mol. The zero-order valence-corrected chi connectivity index (χ0v) is 21.9. The highest BCUT2D eigenvalue weighted by Crippen LogP contribution is 2.35. The van der Waals surface area contributed by atoms with Crippen LogP contribution in [-0.4, -0.2) is 51.0 Å². The van der Waals surface area contributed by atoms with Crippen molar-refractivity contribution in [1.29, 1.82) is 5.26 Å². The van der Waals surface area contributed by atoms with Crippen LogP contribution in [0, 0.1) is 11.3 Å². The molecule has 2 aliphatic carbocycles. The van der Waals surface area contributed by atoms with Crippen molar-refractivity contribution in [3.05, 3.63) is 62.2 Å². The lowest BCUT2D eigenvalue weighted by molar-refractivity contribution is 0.0401. The van der Waals surface area contributed by atoms with E-state index in [9.17, 15) is 15.2 Å². The first-order valence-electron chi connectivity index (χ1n) is 13.6. The second-order valence-corrected chi connectivity index (χ2v) is 11.4. The van der Waals surface area contributed by atoms with Crippen LogP contribution in [0.15, 0.2) is 24.3 Å². The molecule has 2 atom stereocenters. The van der Waals surface area contributed by atoms with Gasteiger partial charge in [0.25, 0.3) is 5.91 Å². The molecule has 1 N–H and O–H groups in total. The third-order valence-corrected chi connectivity index (χ3v) is 9.11. The van der Waals surface area contributed by atoms with Gasteiger partial charge in [-0.3, -0.25) is 9.69 Å². The third-order valence-electron chi connectivity index (χ3n) is 8.90. The van der Waals surface area contributed by atoms with E-state index >= 15 is 0 Å². The van der Waals surface area contributed by atoms with Crippen LogP contribution >= 0.6 is 11.6 Å². The fourth-order valence-electron chi connectivity index (χ4n) is 6.76. The van der Waals surface area contributed by atoms with E-state index in [4.69, 9.17) is 11.6 Å². The zero-order chi connectivity index (χ0) is 25.6. The number of carbonyl (C=O) groups excluding carboxylic acids is 1. The van der Waals surface area contributed by atoms with Gasteiger partial charge in [-0.15, -0.1) is 0 Å². The molecule has 2 aliphatic heterocycles. The van der Waals surface area contributed by atoms with Gasteiger partial charge in [0.05, 0.1) is 23.9 Å². The molecule has 1 unspecified atom stereocenters. The Kier molecular flexibility index (Phi) is 6.56. The van der Waals surface area contributed by atoms with E-state index in [1.54, 1.807) is 6.07 Å². The van der Waals surface area contributed by atoms with E-state index in [-0.39, 0.29) is 11.9 Å². The van der Waals surface area contributed by atoms with E-state index in [0.717, 1.165) is 81.1 Å². The molecule has 4 aliphatic rings. The number of benzene rings is 1. The molecule has 3 heterocycles. The molecule has 1 amide bonds. The van der Waals surface area contributed by atoms with Gasteiger partial charge in [0.2, 0.25) is 0 Å². The van der Waals surface area contributed by atoms with Crippen molar-refractivity contribution in [3.63, 3.8) is 0 Å². The summed E-state index contributed by atoms with van der Waals surface area (Å²) in [6.07, 6.45) is 12.1. The molecule has 7 heteroatoms. The highest BCUT2D eigenvalue weighted by atomic mass is 35.5. The van der Waals surface area contributed by atoms with E-state index < -0.39 is 11.5 Å². The Hall–Kier alpha value is -2.72. The van der Waals surface area contributed by atoms with Gasteiger partial charge in [-0.2, -0.15) is 5.26 Å². The predicted molar refractivity (Wildman–Crippen MR) is 143 cm³/mol. The van der Waals surface area contributed by atoms with E-state index in [1.807, 2.05) is 23.2 Å². The molecule has 0 spiro atoms. The maximum absolute atomic E-state index is 13.6. The molecule has 0 radical (unpaired) electrons. The molecule has 1 saturated heterocycles. The number of aliphatic hydroxyl groups excluding tert-OH is 1. The molecule has 6 rings (SSSR count). The molecule has 192 valence electrons. The van der Waals surface area contributed by atoms with Crippen LogP contribution in [0.1, 0.15) is 78.5 Å². The lowest BCUT2D eigenvalue weighted by Crippen LogP contribution is -2.44. The summed E-state index contributed by atoms with van der Waals surface area (Å²) in [7, 11) is 0. The first-order valence-corrected chi connectivity index (χ1v) is 14.0. The number of aromatic nitrogens is 1. The summed E-state index contributed by atoms with van der Waals surface area (Å²) in [4.78, 5) is 22.3. The van der Waals surface area contributed by atoms with Crippen molar-refractivity contribution >= 4 is 29.8 Å². The molecular weight excluding hydrogens is 484 g/mol. The maximum atomic E-state index is 13.6. The highest BCUT2D eigenvalue weighted by Gasteiger charge is 2.39. The van der Waals surface area contributed by atoms with Gasteiger partial charge in [-0.05, 0) is 79.5 Å². The number of hydrogen-bond donors (Lipinski definition) is 1. The Morgan fingerprint density at radius 1 is 1.16 bits per heavy atom. The normalized spacial score (nSPS) is 25.0. The number of hydrogen-bond acceptors (Lipinski definition) is 5. The standard InChI is InChI=1S/C30H33ClN4O2/c31-28-11-5-10-27(33-28)30(19-32)12-14-34(15-13-30)17-20-16-23-24(22-7-2-1-6-21(20)22)18-35(29(23)37)25-8-3-4-9-26(25)36/h5,7,10-11,16,18,25-26,36H,1-4,6,8-9,12-15,17H2/t25?,26-/m0/s1. The van der Waals surface area contributed by atoms with Gasteiger partial charge < -0.3 is 10.0 Å². The van der Waals surface area contributed by atoms with Crippen molar-refractivity contribution in [3.8, 4) is 6.07 Å². The lowest BCUT2D eigenvalue weighted by atomic mass is 9.76. The number of nitrogens with zero attached hydrogens (tertiary/aromatic N) is 4. The van der Waals surface area contributed by atoms with Crippen molar-refractivity contribution in [1.82, 2.24) is 14.8 Å². The Bertz CT molecular complexity index is 1390. The Morgan fingerprint density at radius 3 is 2.73 bits per heavy atom. The fraction of sp³-hybridized carbons (Fsp3) is 0.500. The van der Waals surface area contributed by atoms with E-state index in [0.29, 0.717) is 18.0 Å². The Balaban J connectivity index is 1.27. The number of nitriles is 1. The summed E-state index contributed by atoms with van der Waals surface area (Å²) in [5.74, 6) is 0.0261. The average Bonchev–Trinajstić information content (AvgIpc) is 3.25.